The third-order valence-corrected chi connectivity index (χ3v) is 4.71. The van der Waals surface area contributed by atoms with Crippen LogP contribution in [0.2, 0.25) is 0 Å². The summed E-state index contributed by atoms with van der Waals surface area (Å²) in [4.78, 5) is 5.57. The molecule has 3 nitrogen and oxygen atoms in total. The summed E-state index contributed by atoms with van der Waals surface area (Å²) < 4.78 is 6.24. The van der Waals surface area contributed by atoms with Crippen LogP contribution in [-0.2, 0) is 6.42 Å². The van der Waals surface area contributed by atoms with Crippen molar-refractivity contribution in [1.82, 2.24) is 9.36 Å². The van der Waals surface area contributed by atoms with Crippen LogP contribution in [0.15, 0.2) is 31.9 Å². The molecule has 0 amide bonds. The second kappa shape index (κ2) is 6.14. The van der Waals surface area contributed by atoms with Crippen molar-refractivity contribution in [2.24, 2.45) is 5.73 Å². The van der Waals surface area contributed by atoms with E-state index in [4.69, 9.17) is 5.73 Å². The predicted octanol–water partition coefficient (Wildman–Crippen LogP) is 3.65. The normalized spacial score (nSPS) is 12.7. The van der Waals surface area contributed by atoms with Crippen LogP contribution in [0.3, 0.4) is 0 Å². The molecule has 1 unspecified atom stereocenters. The molecule has 0 radical (unpaired) electrons. The van der Waals surface area contributed by atoms with Gasteiger partial charge in [-0.1, -0.05) is 33.8 Å². The lowest BCUT2D eigenvalue weighted by atomic mass is 10.1. The molecule has 2 aromatic rings. The van der Waals surface area contributed by atoms with E-state index in [1.165, 1.54) is 22.0 Å². The highest BCUT2D eigenvalue weighted by Gasteiger charge is 2.10. The Balaban J connectivity index is 2.27. The number of halogens is 1. The van der Waals surface area contributed by atoms with Crippen LogP contribution >= 0.6 is 39.2 Å². The van der Waals surface area contributed by atoms with Crippen LogP contribution in [0.4, 0.5) is 0 Å². The maximum absolute atomic E-state index is 5.88. The molecule has 1 heterocycles. The zero-order valence-corrected chi connectivity index (χ0v) is 13.4. The summed E-state index contributed by atoms with van der Waals surface area (Å²) in [5.41, 5.74) is 7.14. The van der Waals surface area contributed by atoms with E-state index < -0.39 is 0 Å². The zero-order chi connectivity index (χ0) is 13.1. The monoisotopic (exact) mass is 343 g/mol. The first-order chi connectivity index (χ1) is 8.54. The summed E-state index contributed by atoms with van der Waals surface area (Å²) in [5, 5.41) is 0. The minimum atomic E-state index is 0.154. The number of aromatic nitrogens is 2. The Labute approximate surface area is 123 Å². The van der Waals surface area contributed by atoms with E-state index in [0.717, 1.165) is 21.1 Å². The standard InChI is InChI=1S/C12H14BrN3S2/c1-7(14)5-9-3-4-10(13)6-11(9)17-12-15-8(2)16-18-12/h3-4,6-7H,5,14H2,1-2H3. The maximum Gasteiger partial charge on any atom is 0.174 e. The van der Waals surface area contributed by atoms with E-state index in [2.05, 4.69) is 37.4 Å². The van der Waals surface area contributed by atoms with Gasteiger partial charge in [0.2, 0.25) is 0 Å². The second-order valence-corrected chi connectivity index (χ2v) is 7.10. The van der Waals surface area contributed by atoms with Gasteiger partial charge in [-0.05, 0) is 49.5 Å². The summed E-state index contributed by atoms with van der Waals surface area (Å²) in [6.07, 6.45) is 0.868. The number of hydrogen-bond acceptors (Lipinski definition) is 5. The number of benzene rings is 1. The minimum absolute atomic E-state index is 0.154. The number of hydrogen-bond donors (Lipinski definition) is 1. The molecule has 1 aromatic heterocycles. The van der Waals surface area contributed by atoms with E-state index >= 15 is 0 Å². The molecule has 6 heteroatoms. The molecule has 0 bridgehead atoms. The highest BCUT2D eigenvalue weighted by atomic mass is 79.9. The fourth-order valence-corrected chi connectivity index (χ4v) is 3.85. The molecule has 96 valence electrons. The average molecular weight is 344 g/mol. The first-order valence-electron chi connectivity index (χ1n) is 5.57. The van der Waals surface area contributed by atoms with Crippen molar-refractivity contribution in [3.05, 3.63) is 34.1 Å². The molecule has 0 aliphatic rings. The summed E-state index contributed by atoms with van der Waals surface area (Å²) >= 11 is 6.59. The van der Waals surface area contributed by atoms with Gasteiger partial charge in [0.1, 0.15) is 5.82 Å². The third kappa shape index (κ3) is 3.78. The summed E-state index contributed by atoms with van der Waals surface area (Å²) in [6.45, 7) is 3.93. The Hall–Kier alpha value is -0.430. The molecule has 1 aromatic carbocycles. The van der Waals surface area contributed by atoms with Crippen molar-refractivity contribution in [1.29, 1.82) is 0 Å². The lowest BCUT2D eigenvalue weighted by molar-refractivity contribution is 0.729. The average Bonchev–Trinajstić information content (AvgIpc) is 2.67. The number of rotatable bonds is 4. The number of aryl methyl sites for hydroxylation is 1. The predicted molar refractivity (Wildman–Crippen MR) is 80.3 cm³/mol. The Morgan fingerprint density at radius 3 is 2.89 bits per heavy atom. The Kier molecular flexibility index (Phi) is 4.77. The first-order valence-corrected chi connectivity index (χ1v) is 7.95. The quantitative estimate of drug-likeness (QED) is 0.920. The molecule has 0 fully saturated rings. The van der Waals surface area contributed by atoms with Crippen LogP contribution in [0, 0.1) is 6.92 Å². The van der Waals surface area contributed by atoms with Crippen molar-refractivity contribution >= 4 is 39.2 Å². The maximum atomic E-state index is 5.88. The van der Waals surface area contributed by atoms with Gasteiger partial charge in [-0.2, -0.15) is 4.37 Å². The van der Waals surface area contributed by atoms with Gasteiger partial charge in [-0.3, -0.25) is 0 Å². The van der Waals surface area contributed by atoms with Gasteiger partial charge in [0, 0.05) is 15.4 Å². The van der Waals surface area contributed by atoms with E-state index in [1.807, 2.05) is 19.9 Å². The molecule has 0 spiro atoms. The second-order valence-electron chi connectivity index (χ2n) is 4.14. The van der Waals surface area contributed by atoms with Crippen molar-refractivity contribution in [2.45, 2.75) is 35.5 Å². The van der Waals surface area contributed by atoms with Crippen LogP contribution in [0.1, 0.15) is 18.3 Å². The van der Waals surface area contributed by atoms with Gasteiger partial charge in [0.05, 0.1) is 0 Å². The van der Waals surface area contributed by atoms with Crippen LogP contribution in [-0.4, -0.2) is 15.4 Å². The molecular formula is C12H14BrN3S2. The van der Waals surface area contributed by atoms with Gasteiger partial charge in [-0.25, -0.2) is 4.98 Å². The highest BCUT2D eigenvalue weighted by Crippen LogP contribution is 2.33. The number of nitrogens with two attached hydrogens (primary N) is 1. The highest BCUT2D eigenvalue weighted by molar-refractivity contribution is 9.10. The molecule has 0 aliphatic carbocycles. The van der Waals surface area contributed by atoms with Crippen molar-refractivity contribution in [2.75, 3.05) is 0 Å². The Morgan fingerprint density at radius 2 is 2.28 bits per heavy atom. The molecule has 2 N–H and O–H groups in total. The van der Waals surface area contributed by atoms with Gasteiger partial charge >= 0.3 is 0 Å². The topological polar surface area (TPSA) is 51.8 Å². The molecule has 0 saturated heterocycles. The SMILES string of the molecule is Cc1nsc(Sc2cc(Br)ccc2CC(C)N)n1. The first kappa shape index (κ1) is 14.0. The Bertz CT molecular complexity index is 540. The zero-order valence-electron chi connectivity index (χ0n) is 10.2. The molecular weight excluding hydrogens is 330 g/mol. The van der Waals surface area contributed by atoms with Crippen LogP contribution in [0.25, 0.3) is 0 Å². The summed E-state index contributed by atoms with van der Waals surface area (Å²) in [5.74, 6) is 0.825. The Morgan fingerprint density at radius 1 is 1.50 bits per heavy atom. The third-order valence-electron chi connectivity index (χ3n) is 2.28. The molecule has 0 saturated carbocycles. The van der Waals surface area contributed by atoms with Crippen LogP contribution in [0.5, 0.6) is 0 Å². The van der Waals surface area contributed by atoms with Crippen molar-refractivity contribution in [3.8, 4) is 0 Å². The molecule has 2 rings (SSSR count). The van der Waals surface area contributed by atoms with E-state index in [0.29, 0.717) is 0 Å². The van der Waals surface area contributed by atoms with E-state index in [-0.39, 0.29) is 6.04 Å². The van der Waals surface area contributed by atoms with Gasteiger partial charge in [0.25, 0.3) is 0 Å². The lowest BCUT2D eigenvalue weighted by Gasteiger charge is -2.10. The smallest absolute Gasteiger partial charge is 0.174 e. The lowest BCUT2D eigenvalue weighted by Crippen LogP contribution is -2.18. The van der Waals surface area contributed by atoms with E-state index in [1.54, 1.807) is 11.8 Å². The van der Waals surface area contributed by atoms with Crippen molar-refractivity contribution < 1.29 is 0 Å². The fourth-order valence-electron chi connectivity index (χ4n) is 1.55. The number of nitrogens with zero attached hydrogens (tertiary/aromatic N) is 2. The summed E-state index contributed by atoms with van der Waals surface area (Å²) in [6, 6.07) is 6.43. The van der Waals surface area contributed by atoms with Gasteiger partial charge in [-0.15, -0.1) is 0 Å². The molecule has 1 atom stereocenters. The summed E-state index contributed by atoms with van der Waals surface area (Å²) in [7, 11) is 0. The van der Waals surface area contributed by atoms with Crippen LogP contribution < -0.4 is 5.73 Å². The molecule has 18 heavy (non-hydrogen) atoms. The van der Waals surface area contributed by atoms with Gasteiger partial charge < -0.3 is 5.73 Å². The van der Waals surface area contributed by atoms with E-state index in [9.17, 15) is 0 Å². The molecule has 0 aliphatic heterocycles. The fraction of sp³-hybridized carbons (Fsp3) is 0.333. The largest absolute Gasteiger partial charge is 0.328 e. The van der Waals surface area contributed by atoms with Crippen molar-refractivity contribution in [3.63, 3.8) is 0 Å². The van der Waals surface area contributed by atoms with Gasteiger partial charge in [0.15, 0.2) is 4.34 Å². The minimum Gasteiger partial charge on any atom is -0.328 e.